The molecule has 98 valence electrons. The highest BCUT2D eigenvalue weighted by Gasteiger charge is 2.09. The van der Waals surface area contributed by atoms with Crippen LogP contribution in [0.2, 0.25) is 0 Å². The van der Waals surface area contributed by atoms with Crippen LogP contribution in [0.3, 0.4) is 0 Å². The first-order valence-electron chi connectivity index (χ1n) is 5.58. The fourth-order valence-electron chi connectivity index (χ4n) is 1.69. The van der Waals surface area contributed by atoms with Gasteiger partial charge in [-0.25, -0.2) is 9.18 Å². The van der Waals surface area contributed by atoms with E-state index in [-0.39, 0.29) is 11.4 Å². The number of carboxylic acid groups (broad SMARTS) is 1. The van der Waals surface area contributed by atoms with Crippen LogP contribution < -0.4 is 5.32 Å². The molecule has 0 radical (unpaired) electrons. The van der Waals surface area contributed by atoms with E-state index < -0.39 is 5.97 Å². The molecule has 0 unspecified atom stereocenters. The standard InChI is InChI=1S/C14H11BrFNO2/c15-12-6-5-10(16)7-9(12)8-17-13-4-2-1-3-11(13)14(18)19/h1-7,17H,8H2,(H,18,19). The van der Waals surface area contributed by atoms with Crippen LogP contribution in [-0.4, -0.2) is 11.1 Å². The molecule has 0 atom stereocenters. The summed E-state index contributed by atoms with van der Waals surface area (Å²) in [6.45, 7) is 0.336. The highest BCUT2D eigenvalue weighted by molar-refractivity contribution is 9.10. The Labute approximate surface area is 118 Å². The third-order valence-electron chi connectivity index (χ3n) is 2.63. The van der Waals surface area contributed by atoms with E-state index in [0.717, 1.165) is 10.0 Å². The van der Waals surface area contributed by atoms with Gasteiger partial charge in [0, 0.05) is 16.7 Å². The molecule has 0 aliphatic heterocycles. The summed E-state index contributed by atoms with van der Waals surface area (Å²) in [5.74, 6) is -1.33. The third kappa shape index (κ3) is 3.32. The molecule has 0 heterocycles. The number of nitrogens with one attached hydrogen (secondary N) is 1. The van der Waals surface area contributed by atoms with Crippen LogP contribution in [0.4, 0.5) is 10.1 Å². The van der Waals surface area contributed by atoms with Crippen molar-refractivity contribution < 1.29 is 14.3 Å². The SMILES string of the molecule is O=C(O)c1ccccc1NCc1cc(F)ccc1Br. The minimum absolute atomic E-state index is 0.190. The van der Waals surface area contributed by atoms with Crippen LogP contribution in [0.5, 0.6) is 0 Å². The quantitative estimate of drug-likeness (QED) is 0.897. The summed E-state index contributed by atoms with van der Waals surface area (Å²) in [5.41, 5.74) is 1.42. The molecule has 19 heavy (non-hydrogen) atoms. The van der Waals surface area contributed by atoms with Gasteiger partial charge in [0.25, 0.3) is 0 Å². The van der Waals surface area contributed by atoms with Crippen molar-refractivity contribution in [2.45, 2.75) is 6.54 Å². The van der Waals surface area contributed by atoms with Gasteiger partial charge in [-0.1, -0.05) is 28.1 Å². The van der Waals surface area contributed by atoms with Crippen molar-refractivity contribution >= 4 is 27.6 Å². The zero-order valence-corrected chi connectivity index (χ0v) is 11.4. The molecular weight excluding hydrogens is 313 g/mol. The minimum atomic E-state index is -0.999. The molecule has 0 aliphatic carbocycles. The van der Waals surface area contributed by atoms with Crippen LogP contribution in [0.15, 0.2) is 46.9 Å². The van der Waals surface area contributed by atoms with E-state index in [1.54, 1.807) is 24.3 Å². The number of halogens is 2. The summed E-state index contributed by atoms with van der Waals surface area (Å²) < 4.78 is 13.9. The summed E-state index contributed by atoms with van der Waals surface area (Å²) >= 11 is 3.33. The third-order valence-corrected chi connectivity index (χ3v) is 3.41. The van der Waals surface area contributed by atoms with Gasteiger partial charge < -0.3 is 10.4 Å². The first-order chi connectivity index (χ1) is 9.08. The van der Waals surface area contributed by atoms with E-state index in [2.05, 4.69) is 21.2 Å². The van der Waals surface area contributed by atoms with Gasteiger partial charge in [-0.15, -0.1) is 0 Å². The topological polar surface area (TPSA) is 49.3 Å². The van der Waals surface area contributed by atoms with E-state index in [0.29, 0.717) is 12.2 Å². The van der Waals surface area contributed by atoms with Gasteiger partial charge in [0.15, 0.2) is 0 Å². The van der Waals surface area contributed by atoms with Gasteiger partial charge in [-0.3, -0.25) is 0 Å². The maximum atomic E-state index is 13.1. The Bertz CT molecular complexity index is 616. The Hall–Kier alpha value is -1.88. The number of aromatic carboxylic acids is 1. The van der Waals surface area contributed by atoms with Crippen molar-refractivity contribution in [3.8, 4) is 0 Å². The van der Waals surface area contributed by atoms with Gasteiger partial charge in [-0.2, -0.15) is 0 Å². The normalized spacial score (nSPS) is 10.2. The van der Waals surface area contributed by atoms with E-state index in [9.17, 15) is 9.18 Å². The first-order valence-corrected chi connectivity index (χ1v) is 6.37. The first kappa shape index (κ1) is 13.5. The Kier molecular flexibility index (Phi) is 4.16. The molecule has 0 fully saturated rings. The van der Waals surface area contributed by atoms with Crippen molar-refractivity contribution in [3.05, 3.63) is 63.9 Å². The fourth-order valence-corrected chi connectivity index (χ4v) is 2.08. The summed E-state index contributed by atoms with van der Waals surface area (Å²) in [6.07, 6.45) is 0. The van der Waals surface area contributed by atoms with E-state index in [4.69, 9.17) is 5.11 Å². The van der Waals surface area contributed by atoms with Crippen molar-refractivity contribution in [3.63, 3.8) is 0 Å². The molecule has 0 bridgehead atoms. The van der Waals surface area contributed by atoms with Gasteiger partial charge in [-0.05, 0) is 35.9 Å². The molecule has 0 aliphatic rings. The van der Waals surface area contributed by atoms with E-state index in [1.165, 1.54) is 18.2 Å². The lowest BCUT2D eigenvalue weighted by atomic mass is 10.1. The zero-order chi connectivity index (χ0) is 13.8. The molecule has 0 spiro atoms. The molecule has 2 rings (SSSR count). The maximum Gasteiger partial charge on any atom is 0.337 e. The molecule has 0 aromatic heterocycles. The Morgan fingerprint density at radius 3 is 2.74 bits per heavy atom. The number of rotatable bonds is 4. The Morgan fingerprint density at radius 1 is 1.26 bits per heavy atom. The molecule has 0 saturated heterocycles. The molecular formula is C14H11BrFNO2. The smallest absolute Gasteiger partial charge is 0.337 e. The van der Waals surface area contributed by atoms with Gasteiger partial charge in [0.2, 0.25) is 0 Å². The lowest BCUT2D eigenvalue weighted by Crippen LogP contribution is -2.06. The van der Waals surface area contributed by atoms with Crippen LogP contribution in [0.1, 0.15) is 15.9 Å². The number of para-hydroxylation sites is 1. The monoisotopic (exact) mass is 323 g/mol. The number of hydrogen-bond donors (Lipinski definition) is 2. The summed E-state index contributed by atoms with van der Waals surface area (Å²) in [4.78, 5) is 11.0. The van der Waals surface area contributed by atoms with Crippen LogP contribution in [0.25, 0.3) is 0 Å². The Morgan fingerprint density at radius 2 is 2.00 bits per heavy atom. The van der Waals surface area contributed by atoms with E-state index >= 15 is 0 Å². The molecule has 5 heteroatoms. The lowest BCUT2D eigenvalue weighted by molar-refractivity contribution is 0.0698. The average molecular weight is 324 g/mol. The Balaban J connectivity index is 2.19. The molecule has 2 N–H and O–H groups in total. The predicted octanol–water partition coefficient (Wildman–Crippen LogP) is 3.90. The lowest BCUT2D eigenvalue weighted by Gasteiger charge is -2.10. The number of carboxylic acids is 1. The van der Waals surface area contributed by atoms with Crippen molar-refractivity contribution in [2.75, 3.05) is 5.32 Å². The maximum absolute atomic E-state index is 13.1. The average Bonchev–Trinajstić information content (AvgIpc) is 2.40. The number of carbonyl (C=O) groups is 1. The second kappa shape index (κ2) is 5.84. The highest BCUT2D eigenvalue weighted by atomic mass is 79.9. The van der Waals surface area contributed by atoms with Crippen LogP contribution >= 0.6 is 15.9 Å². The molecule has 2 aromatic carbocycles. The van der Waals surface area contributed by atoms with Gasteiger partial charge in [0.1, 0.15) is 5.82 Å². The molecule has 3 nitrogen and oxygen atoms in total. The number of benzene rings is 2. The second-order valence-electron chi connectivity index (χ2n) is 3.94. The number of hydrogen-bond acceptors (Lipinski definition) is 2. The van der Waals surface area contributed by atoms with Gasteiger partial charge in [0.05, 0.1) is 5.56 Å². The highest BCUT2D eigenvalue weighted by Crippen LogP contribution is 2.21. The van der Waals surface area contributed by atoms with Crippen molar-refractivity contribution in [1.29, 1.82) is 0 Å². The molecule has 0 saturated carbocycles. The minimum Gasteiger partial charge on any atom is -0.478 e. The van der Waals surface area contributed by atoms with Crippen molar-refractivity contribution in [1.82, 2.24) is 0 Å². The molecule has 0 amide bonds. The summed E-state index contributed by atoms with van der Waals surface area (Å²) in [7, 11) is 0. The van der Waals surface area contributed by atoms with Crippen LogP contribution in [-0.2, 0) is 6.54 Å². The van der Waals surface area contributed by atoms with Gasteiger partial charge >= 0.3 is 5.97 Å². The largest absolute Gasteiger partial charge is 0.478 e. The van der Waals surface area contributed by atoms with Crippen molar-refractivity contribution in [2.24, 2.45) is 0 Å². The predicted molar refractivity (Wildman–Crippen MR) is 74.8 cm³/mol. The molecule has 2 aromatic rings. The second-order valence-corrected chi connectivity index (χ2v) is 4.79. The fraction of sp³-hybridized carbons (Fsp3) is 0.0714. The van der Waals surface area contributed by atoms with E-state index in [1.807, 2.05) is 0 Å². The summed E-state index contributed by atoms with van der Waals surface area (Å²) in [6, 6.07) is 11.0. The zero-order valence-electron chi connectivity index (χ0n) is 9.86. The summed E-state index contributed by atoms with van der Waals surface area (Å²) in [5, 5.41) is 12.1. The van der Waals surface area contributed by atoms with Crippen LogP contribution in [0, 0.1) is 5.82 Å². The number of anilines is 1.